The van der Waals surface area contributed by atoms with Crippen molar-refractivity contribution in [3.05, 3.63) is 181 Å². The van der Waals surface area contributed by atoms with E-state index >= 15 is 0 Å². The van der Waals surface area contributed by atoms with Crippen LogP contribution in [0.4, 0.5) is 34.1 Å². The third-order valence-corrected chi connectivity index (χ3v) is 8.54. The summed E-state index contributed by atoms with van der Waals surface area (Å²) in [6, 6.07) is 61.8. The first-order valence-electron chi connectivity index (χ1n) is 15.6. The molecule has 3 nitrogen and oxygen atoms in total. The van der Waals surface area contributed by atoms with Crippen LogP contribution >= 0.6 is 0 Å². The maximum Gasteiger partial charge on any atom is 0.143 e. The van der Waals surface area contributed by atoms with E-state index in [9.17, 15) is 0 Å². The monoisotopic (exact) mass is 592 g/mol. The summed E-state index contributed by atoms with van der Waals surface area (Å²) in [6.07, 6.45) is 0. The molecule has 0 aliphatic rings. The topological polar surface area (TPSA) is 19.6 Å². The standard InChI is InChI=1S/C43H32N2O/c1-31-29-37(44(33-16-5-2-6-17-33)34-18-7-3-8-19-34)27-28-41(31)45(35-20-9-4-10-21-35)36-22-13-15-32(30-36)38-24-14-25-40-39-23-11-12-26-42(39)46-43(38)40/h2-30H,1H3. The quantitative estimate of drug-likeness (QED) is 0.184. The van der Waals surface area contributed by atoms with Crippen LogP contribution in [0.5, 0.6) is 0 Å². The molecule has 0 radical (unpaired) electrons. The Hall–Kier alpha value is -6.06. The van der Waals surface area contributed by atoms with Gasteiger partial charge in [-0.1, -0.05) is 103 Å². The highest BCUT2D eigenvalue weighted by atomic mass is 16.3. The Kier molecular flexibility index (Phi) is 7.05. The molecule has 0 saturated carbocycles. The van der Waals surface area contributed by atoms with Crippen molar-refractivity contribution in [2.24, 2.45) is 0 Å². The average molecular weight is 593 g/mol. The number of para-hydroxylation sites is 5. The number of benzene rings is 7. The van der Waals surface area contributed by atoms with Crippen LogP contribution in [-0.4, -0.2) is 0 Å². The zero-order valence-electron chi connectivity index (χ0n) is 25.5. The fraction of sp³-hybridized carbons (Fsp3) is 0.0233. The van der Waals surface area contributed by atoms with Crippen molar-refractivity contribution in [3.8, 4) is 11.1 Å². The van der Waals surface area contributed by atoms with E-state index in [-0.39, 0.29) is 0 Å². The summed E-state index contributed by atoms with van der Waals surface area (Å²) in [7, 11) is 0. The van der Waals surface area contributed by atoms with Gasteiger partial charge in [0, 0.05) is 50.5 Å². The van der Waals surface area contributed by atoms with E-state index in [1.807, 2.05) is 12.1 Å². The normalized spacial score (nSPS) is 11.2. The van der Waals surface area contributed by atoms with Crippen molar-refractivity contribution in [3.63, 3.8) is 0 Å². The van der Waals surface area contributed by atoms with Crippen molar-refractivity contribution in [2.75, 3.05) is 9.80 Å². The van der Waals surface area contributed by atoms with Gasteiger partial charge in [0.2, 0.25) is 0 Å². The largest absolute Gasteiger partial charge is 0.455 e. The Bertz CT molecular complexity index is 2230. The highest BCUT2D eigenvalue weighted by Gasteiger charge is 2.19. The van der Waals surface area contributed by atoms with Crippen LogP contribution in [0.1, 0.15) is 5.56 Å². The van der Waals surface area contributed by atoms with Crippen molar-refractivity contribution in [1.29, 1.82) is 0 Å². The Labute approximate surface area is 269 Å². The van der Waals surface area contributed by atoms with E-state index in [4.69, 9.17) is 4.42 Å². The van der Waals surface area contributed by atoms with E-state index in [2.05, 4.69) is 181 Å². The van der Waals surface area contributed by atoms with E-state index in [0.717, 1.165) is 67.2 Å². The molecule has 3 heteroatoms. The summed E-state index contributed by atoms with van der Waals surface area (Å²) >= 11 is 0. The van der Waals surface area contributed by atoms with Gasteiger partial charge in [0.25, 0.3) is 0 Å². The van der Waals surface area contributed by atoms with Crippen LogP contribution in [0.3, 0.4) is 0 Å². The third kappa shape index (κ3) is 4.98. The van der Waals surface area contributed by atoms with Crippen molar-refractivity contribution >= 4 is 56.1 Å². The number of anilines is 6. The zero-order chi connectivity index (χ0) is 30.9. The molecular weight excluding hydrogens is 560 g/mol. The Morgan fingerprint density at radius 2 is 0.957 bits per heavy atom. The number of fused-ring (bicyclic) bond motifs is 3. The second kappa shape index (κ2) is 11.8. The molecule has 0 N–H and O–H groups in total. The van der Waals surface area contributed by atoms with E-state index in [1.165, 1.54) is 5.56 Å². The molecule has 0 aliphatic heterocycles. The first kappa shape index (κ1) is 27.5. The molecule has 1 heterocycles. The molecule has 0 amide bonds. The van der Waals surface area contributed by atoms with Gasteiger partial charge in [0.1, 0.15) is 11.2 Å². The van der Waals surface area contributed by atoms with Crippen LogP contribution in [0.2, 0.25) is 0 Å². The van der Waals surface area contributed by atoms with Gasteiger partial charge < -0.3 is 14.2 Å². The maximum absolute atomic E-state index is 6.42. The summed E-state index contributed by atoms with van der Waals surface area (Å²) in [4.78, 5) is 4.65. The van der Waals surface area contributed by atoms with E-state index in [1.54, 1.807) is 0 Å². The van der Waals surface area contributed by atoms with Gasteiger partial charge in [-0.3, -0.25) is 0 Å². The minimum absolute atomic E-state index is 0.905. The minimum Gasteiger partial charge on any atom is -0.455 e. The molecule has 46 heavy (non-hydrogen) atoms. The summed E-state index contributed by atoms with van der Waals surface area (Å²) in [5.74, 6) is 0. The second-order valence-electron chi connectivity index (χ2n) is 11.5. The molecule has 220 valence electrons. The molecule has 0 atom stereocenters. The third-order valence-electron chi connectivity index (χ3n) is 8.54. The van der Waals surface area contributed by atoms with Gasteiger partial charge in [-0.15, -0.1) is 0 Å². The lowest BCUT2D eigenvalue weighted by atomic mass is 10.0. The van der Waals surface area contributed by atoms with Crippen LogP contribution in [0.15, 0.2) is 180 Å². The van der Waals surface area contributed by atoms with Gasteiger partial charge in [-0.2, -0.15) is 0 Å². The van der Waals surface area contributed by atoms with Crippen LogP contribution in [-0.2, 0) is 0 Å². The number of furan rings is 1. The molecule has 0 spiro atoms. The fourth-order valence-corrected chi connectivity index (χ4v) is 6.42. The fourth-order valence-electron chi connectivity index (χ4n) is 6.42. The molecule has 0 aliphatic carbocycles. The minimum atomic E-state index is 0.905. The summed E-state index contributed by atoms with van der Waals surface area (Å²) < 4.78 is 6.42. The molecule has 7 aromatic carbocycles. The lowest BCUT2D eigenvalue weighted by molar-refractivity contribution is 0.670. The number of nitrogens with zero attached hydrogens (tertiary/aromatic N) is 2. The predicted molar refractivity (Wildman–Crippen MR) is 193 cm³/mol. The highest BCUT2D eigenvalue weighted by molar-refractivity contribution is 6.09. The maximum atomic E-state index is 6.42. The first-order chi connectivity index (χ1) is 22.7. The van der Waals surface area contributed by atoms with Gasteiger partial charge in [-0.25, -0.2) is 0 Å². The predicted octanol–water partition coefficient (Wildman–Crippen LogP) is 12.5. The van der Waals surface area contributed by atoms with E-state index in [0.29, 0.717) is 0 Å². The molecular formula is C43H32N2O. The summed E-state index contributed by atoms with van der Waals surface area (Å²) in [6.45, 7) is 2.20. The number of aryl methyl sites for hydroxylation is 1. The molecule has 0 unspecified atom stereocenters. The Morgan fingerprint density at radius 3 is 1.63 bits per heavy atom. The number of hydrogen-bond acceptors (Lipinski definition) is 3. The average Bonchev–Trinajstić information content (AvgIpc) is 3.50. The van der Waals surface area contributed by atoms with Crippen molar-refractivity contribution in [1.82, 2.24) is 0 Å². The van der Waals surface area contributed by atoms with Crippen molar-refractivity contribution < 1.29 is 4.42 Å². The second-order valence-corrected chi connectivity index (χ2v) is 11.5. The lowest BCUT2D eigenvalue weighted by Gasteiger charge is -2.30. The lowest BCUT2D eigenvalue weighted by Crippen LogP contribution is -2.13. The first-order valence-corrected chi connectivity index (χ1v) is 15.6. The van der Waals surface area contributed by atoms with Gasteiger partial charge in [-0.05, 0) is 90.8 Å². The molecule has 0 saturated heterocycles. The highest BCUT2D eigenvalue weighted by Crippen LogP contribution is 2.43. The zero-order valence-corrected chi connectivity index (χ0v) is 25.5. The van der Waals surface area contributed by atoms with E-state index < -0.39 is 0 Å². The smallest absolute Gasteiger partial charge is 0.143 e. The van der Waals surface area contributed by atoms with Gasteiger partial charge >= 0.3 is 0 Å². The molecule has 8 aromatic rings. The molecule has 0 bridgehead atoms. The van der Waals surface area contributed by atoms with Gasteiger partial charge in [0.15, 0.2) is 0 Å². The number of rotatable bonds is 7. The Morgan fingerprint density at radius 1 is 0.413 bits per heavy atom. The van der Waals surface area contributed by atoms with Crippen molar-refractivity contribution in [2.45, 2.75) is 6.92 Å². The molecule has 0 fully saturated rings. The van der Waals surface area contributed by atoms with Crippen LogP contribution in [0.25, 0.3) is 33.1 Å². The van der Waals surface area contributed by atoms with Gasteiger partial charge in [0.05, 0.1) is 0 Å². The number of hydrogen-bond donors (Lipinski definition) is 0. The molecule has 1 aromatic heterocycles. The van der Waals surface area contributed by atoms with Crippen LogP contribution in [0, 0.1) is 6.92 Å². The summed E-state index contributed by atoms with van der Waals surface area (Å²) in [5.41, 5.74) is 11.8. The van der Waals surface area contributed by atoms with Crippen LogP contribution < -0.4 is 9.80 Å². The summed E-state index contributed by atoms with van der Waals surface area (Å²) in [5, 5.41) is 2.27. The SMILES string of the molecule is Cc1cc(N(c2ccccc2)c2ccccc2)ccc1N(c1ccccc1)c1cccc(-c2cccc3c2oc2ccccc23)c1. The molecule has 8 rings (SSSR count). The Balaban J connectivity index is 1.25.